The molecule has 0 saturated carbocycles. The van der Waals surface area contributed by atoms with Crippen LogP contribution in [0.5, 0.6) is 5.88 Å². The third-order valence-electron chi connectivity index (χ3n) is 3.98. The van der Waals surface area contributed by atoms with Crippen LogP contribution in [0.15, 0.2) is 16.9 Å². The van der Waals surface area contributed by atoms with Gasteiger partial charge in [-0.3, -0.25) is 0 Å². The maximum absolute atomic E-state index is 5.42. The van der Waals surface area contributed by atoms with E-state index in [-0.39, 0.29) is 0 Å². The molecule has 0 radical (unpaired) electrons. The van der Waals surface area contributed by atoms with Crippen molar-refractivity contribution in [2.24, 2.45) is 0 Å². The summed E-state index contributed by atoms with van der Waals surface area (Å²) in [7, 11) is 1.61. The number of aromatic nitrogens is 4. The Morgan fingerprint density at radius 3 is 2.68 bits per heavy atom. The molecule has 22 heavy (non-hydrogen) atoms. The molecule has 0 atom stereocenters. The molecule has 7 heteroatoms. The molecule has 0 aliphatic carbocycles. The number of hydrogen-bond donors (Lipinski definition) is 0. The molecule has 0 amide bonds. The zero-order valence-corrected chi connectivity index (χ0v) is 13.2. The average molecular weight is 303 g/mol. The first kappa shape index (κ1) is 14.7. The van der Waals surface area contributed by atoms with E-state index in [1.54, 1.807) is 7.11 Å². The van der Waals surface area contributed by atoms with Crippen molar-refractivity contribution in [3.8, 4) is 5.88 Å². The largest absolute Gasteiger partial charge is 0.481 e. The number of rotatable bonds is 4. The number of ether oxygens (including phenoxy) is 1. The van der Waals surface area contributed by atoms with Gasteiger partial charge in [-0.1, -0.05) is 19.0 Å². The van der Waals surface area contributed by atoms with Crippen molar-refractivity contribution in [2.75, 3.05) is 25.1 Å². The van der Waals surface area contributed by atoms with Gasteiger partial charge in [0.2, 0.25) is 11.8 Å². The van der Waals surface area contributed by atoms with Crippen LogP contribution in [0.2, 0.25) is 0 Å². The van der Waals surface area contributed by atoms with Crippen LogP contribution in [0.25, 0.3) is 0 Å². The summed E-state index contributed by atoms with van der Waals surface area (Å²) >= 11 is 0. The SMILES string of the molecule is COc1cc(N2CCC(c3nc(C(C)C)no3)CC2)ncn1. The summed E-state index contributed by atoms with van der Waals surface area (Å²) in [6, 6.07) is 1.86. The highest BCUT2D eigenvalue weighted by atomic mass is 16.5. The Balaban J connectivity index is 1.64. The van der Waals surface area contributed by atoms with Crippen molar-refractivity contribution >= 4 is 5.82 Å². The molecule has 0 unspecified atom stereocenters. The summed E-state index contributed by atoms with van der Waals surface area (Å²) in [6.07, 6.45) is 3.49. The summed E-state index contributed by atoms with van der Waals surface area (Å²) in [5.74, 6) is 3.68. The standard InChI is InChI=1S/C15H21N5O2/c1-10(2)14-18-15(22-19-14)11-4-6-20(7-5-11)12-8-13(21-3)17-9-16-12/h8-11H,4-7H2,1-3H3. The number of nitrogens with zero attached hydrogens (tertiary/aromatic N) is 5. The number of anilines is 1. The minimum Gasteiger partial charge on any atom is -0.481 e. The average Bonchev–Trinajstić information content (AvgIpc) is 3.05. The Hall–Kier alpha value is -2.18. The fraction of sp³-hybridized carbons (Fsp3) is 0.600. The molecular weight excluding hydrogens is 282 g/mol. The van der Waals surface area contributed by atoms with Crippen molar-refractivity contribution < 1.29 is 9.26 Å². The minimum atomic E-state index is 0.297. The monoisotopic (exact) mass is 303 g/mol. The molecule has 0 N–H and O–H groups in total. The molecule has 0 spiro atoms. The van der Waals surface area contributed by atoms with E-state index in [2.05, 4.69) is 38.9 Å². The Labute approximate surface area is 129 Å². The lowest BCUT2D eigenvalue weighted by molar-refractivity contribution is 0.325. The van der Waals surface area contributed by atoms with Gasteiger partial charge in [0.1, 0.15) is 12.1 Å². The van der Waals surface area contributed by atoms with Crippen LogP contribution in [-0.4, -0.2) is 40.3 Å². The van der Waals surface area contributed by atoms with E-state index >= 15 is 0 Å². The first-order valence-electron chi connectivity index (χ1n) is 7.62. The van der Waals surface area contributed by atoms with Crippen LogP contribution in [0.3, 0.4) is 0 Å². The van der Waals surface area contributed by atoms with Gasteiger partial charge in [0.25, 0.3) is 0 Å². The van der Waals surface area contributed by atoms with Crippen LogP contribution < -0.4 is 9.64 Å². The lowest BCUT2D eigenvalue weighted by Gasteiger charge is -2.31. The number of hydrogen-bond acceptors (Lipinski definition) is 7. The first-order valence-corrected chi connectivity index (χ1v) is 7.62. The highest BCUT2D eigenvalue weighted by Gasteiger charge is 2.26. The lowest BCUT2D eigenvalue weighted by Crippen LogP contribution is -2.33. The van der Waals surface area contributed by atoms with Gasteiger partial charge in [-0.2, -0.15) is 4.98 Å². The molecule has 0 bridgehead atoms. The van der Waals surface area contributed by atoms with Crippen LogP contribution in [0.1, 0.15) is 50.2 Å². The topological polar surface area (TPSA) is 77.2 Å². The molecular formula is C15H21N5O2. The van der Waals surface area contributed by atoms with E-state index < -0.39 is 0 Å². The third-order valence-corrected chi connectivity index (χ3v) is 3.98. The molecule has 3 rings (SSSR count). The Kier molecular flexibility index (Phi) is 4.22. The second-order valence-electron chi connectivity index (χ2n) is 5.83. The minimum absolute atomic E-state index is 0.297. The molecule has 7 nitrogen and oxygen atoms in total. The molecule has 1 fully saturated rings. The number of piperidine rings is 1. The lowest BCUT2D eigenvalue weighted by atomic mass is 9.97. The van der Waals surface area contributed by atoms with Crippen molar-refractivity contribution in [1.29, 1.82) is 0 Å². The molecule has 3 heterocycles. The van der Waals surface area contributed by atoms with Crippen molar-refractivity contribution in [3.63, 3.8) is 0 Å². The number of methoxy groups -OCH3 is 1. The van der Waals surface area contributed by atoms with Gasteiger partial charge in [0, 0.05) is 31.0 Å². The van der Waals surface area contributed by atoms with E-state index in [1.165, 1.54) is 6.33 Å². The predicted octanol–water partition coefficient (Wildman–Crippen LogP) is 2.38. The van der Waals surface area contributed by atoms with E-state index in [0.717, 1.165) is 43.5 Å². The first-order chi connectivity index (χ1) is 10.7. The Morgan fingerprint density at radius 2 is 2.05 bits per heavy atom. The summed E-state index contributed by atoms with van der Waals surface area (Å²) in [4.78, 5) is 15.1. The maximum atomic E-state index is 5.42. The Morgan fingerprint density at radius 1 is 1.27 bits per heavy atom. The van der Waals surface area contributed by atoms with Crippen molar-refractivity contribution in [3.05, 3.63) is 24.1 Å². The van der Waals surface area contributed by atoms with Crippen LogP contribution in [0.4, 0.5) is 5.82 Å². The van der Waals surface area contributed by atoms with Crippen molar-refractivity contribution in [1.82, 2.24) is 20.1 Å². The van der Waals surface area contributed by atoms with Gasteiger partial charge in [0.05, 0.1) is 7.11 Å². The van der Waals surface area contributed by atoms with Gasteiger partial charge in [-0.15, -0.1) is 0 Å². The van der Waals surface area contributed by atoms with Gasteiger partial charge in [-0.05, 0) is 12.8 Å². The van der Waals surface area contributed by atoms with Gasteiger partial charge in [-0.25, -0.2) is 9.97 Å². The van der Waals surface area contributed by atoms with Crippen LogP contribution >= 0.6 is 0 Å². The van der Waals surface area contributed by atoms with Gasteiger partial charge in [0.15, 0.2) is 5.82 Å². The van der Waals surface area contributed by atoms with E-state index in [0.29, 0.717) is 17.7 Å². The Bertz CT molecular complexity index is 620. The molecule has 2 aromatic rings. The molecule has 0 aromatic carbocycles. The summed E-state index contributed by atoms with van der Waals surface area (Å²) in [5.41, 5.74) is 0. The molecule has 2 aromatic heterocycles. The summed E-state index contributed by atoms with van der Waals surface area (Å²) in [5, 5.41) is 4.05. The fourth-order valence-electron chi connectivity index (χ4n) is 2.62. The third kappa shape index (κ3) is 3.03. The van der Waals surface area contributed by atoms with E-state index in [4.69, 9.17) is 9.26 Å². The maximum Gasteiger partial charge on any atom is 0.229 e. The molecule has 1 aliphatic rings. The van der Waals surface area contributed by atoms with Crippen LogP contribution in [-0.2, 0) is 0 Å². The van der Waals surface area contributed by atoms with E-state index in [9.17, 15) is 0 Å². The van der Waals surface area contributed by atoms with Crippen LogP contribution in [0, 0.1) is 0 Å². The normalized spacial score (nSPS) is 16.3. The zero-order chi connectivity index (χ0) is 15.5. The van der Waals surface area contributed by atoms with Gasteiger partial charge < -0.3 is 14.2 Å². The second-order valence-corrected chi connectivity index (χ2v) is 5.83. The second kappa shape index (κ2) is 6.29. The van der Waals surface area contributed by atoms with E-state index in [1.807, 2.05) is 6.07 Å². The smallest absolute Gasteiger partial charge is 0.229 e. The van der Waals surface area contributed by atoms with Gasteiger partial charge >= 0.3 is 0 Å². The fourth-order valence-corrected chi connectivity index (χ4v) is 2.62. The predicted molar refractivity (Wildman–Crippen MR) is 81.2 cm³/mol. The molecule has 1 aliphatic heterocycles. The summed E-state index contributed by atoms with van der Waals surface area (Å²) in [6.45, 7) is 5.95. The highest BCUT2D eigenvalue weighted by Crippen LogP contribution is 2.30. The highest BCUT2D eigenvalue weighted by molar-refractivity contribution is 5.41. The summed E-state index contributed by atoms with van der Waals surface area (Å²) < 4.78 is 10.6. The molecule has 1 saturated heterocycles. The zero-order valence-electron chi connectivity index (χ0n) is 13.2. The van der Waals surface area contributed by atoms with Crippen molar-refractivity contribution in [2.45, 2.75) is 38.5 Å². The quantitative estimate of drug-likeness (QED) is 0.858. The molecule has 118 valence electrons.